The van der Waals surface area contributed by atoms with E-state index >= 15 is 0 Å². The van der Waals surface area contributed by atoms with Gasteiger partial charge in [0.15, 0.2) is 0 Å². The molecule has 0 amide bonds. The van der Waals surface area contributed by atoms with Crippen molar-refractivity contribution in [2.45, 2.75) is 20.0 Å². The molecule has 5 nitrogen and oxygen atoms in total. The summed E-state index contributed by atoms with van der Waals surface area (Å²) in [6.45, 7) is 3.60. The maximum absolute atomic E-state index is 12.2. The van der Waals surface area contributed by atoms with Crippen LogP contribution < -0.4 is 0 Å². The molecule has 1 aromatic heterocycles. The first kappa shape index (κ1) is 14.3. The third-order valence-electron chi connectivity index (χ3n) is 2.42. The van der Waals surface area contributed by atoms with Crippen LogP contribution in [0.3, 0.4) is 0 Å². The first-order valence-electron chi connectivity index (χ1n) is 6.09. The van der Waals surface area contributed by atoms with E-state index in [1.165, 1.54) is 17.3 Å². The van der Waals surface area contributed by atoms with Crippen LogP contribution in [0.1, 0.15) is 19.4 Å². The minimum Gasteiger partial charge on any atom is -0.459 e. The molecule has 0 bridgehead atoms. The van der Waals surface area contributed by atoms with Crippen molar-refractivity contribution in [1.82, 2.24) is 14.8 Å². The molecule has 104 valence electrons. The molecule has 0 saturated carbocycles. The van der Waals surface area contributed by atoms with Gasteiger partial charge < -0.3 is 4.74 Å². The molecule has 0 aliphatic heterocycles. The van der Waals surface area contributed by atoms with E-state index < -0.39 is 5.97 Å². The van der Waals surface area contributed by atoms with Gasteiger partial charge in [0, 0.05) is 11.2 Å². The van der Waals surface area contributed by atoms with Crippen molar-refractivity contribution in [1.29, 1.82) is 0 Å². The van der Waals surface area contributed by atoms with Crippen LogP contribution in [0.5, 0.6) is 0 Å². The smallest absolute Gasteiger partial charge is 0.340 e. The second kappa shape index (κ2) is 6.34. The molecule has 2 aromatic rings. The fraction of sp³-hybridized carbons (Fsp3) is 0.214. The van der Waals surface area contributed by atoms with Gasteiger partial charge in [0.25, 0.3) is 0 Å². The van der Waals surface area contributed by atoms with Gasteiger partial charge in [-0.3, -0.25) is 0 Å². The highest BCUT2D eigenvalue weighted by Crippen LogP contribution is 2.20. The molecule has 0 N–H and O–H groups in total. The summed E-state index contributed by atoms with van der Waals surface area (Å²) < 4.78 is 6.69. The van der Waals surface area contributed by atoms with Crippen molar-refractivity contribution >= 4 is 29.3 Å². The van der Waals surface area contributed by atoms with Crippen LogP contribution in [0.15, 0.2) is 36.9 Å². The fourth-order valence-electron chi connectivity index (χ4n) is 1.57. The monoisotopic (exact) mass is 291 g/mol. The molecule has 0 aliphatic carbocycles. The van der Waals surface area contributed by atoms with E-state index in [-0.39, 0.29) is 6.10 Å². The van der Waals surface area contributed by atoms with Gasteiger partial charge in [-0.05, 0) is 31.5 Å². The molecule has 1 heterocycles. The zero-order chi connectivity index (χ0) is 14.5. The molecule has 0 saturated heterocycles. The van der Waals surface area contributed by atoms with Gasteiger partial charge in [0.2, 0.25) is 0 Å². The van der Waals surface area contributed by atoms with E-state index in [9.17, 15) is 4.79 Å². The summed E-state index contributed by atoms with van der Waals surface area (Å²) in [5.41, 5.74) is 1.09. The number of halogens is 1. The molecule has 0 atom stereocenters. The molecule has 0 fully saturated rings. The Balaban J connectivity index is 2.38. The summed E-state index contributed by atoms with van der Waals surface area (Å²) in [7, 11) is 0. The largest absolute Gasteiger partial charge is 0.459 e. The van der Waals surface area contributed by atoms with Crippen molar-refractivity contribution in [3.63, 3.8) is 0 Å². The number of rotatable bonds is 4. The van der Waals surface area contributed by atoms with E-state index in [2.05, 4.69) is 10.1 Å². The zero-order valence-electron chi connectivity index (χ0n) is 11.2. The Morgan fingerprint density at radius 2 is 2.05 bits per heavy atom. The second-order valence-electron chi connectivity index (χ2n) is 4.38. The standard InChI is InChI=1S/C14H14ClN3O2/c1-10(2)20-14(19)13(7-18-9-16-8-17-18)11-3-5-12(15)6-4-11/h3-10H,1-2H3. The predicted octanol–water partition coefficient (Wildman–Crippen LogP) is 2.88. The molecular weight excluding hydrogens is 278 g/mol. The van der Waals surface area contributed by atoms with Crippen LogP contribution in [0.4, 0.5) is 0 Å². The quantitative estimate of drug-likeness (QED) is 0.642. The van der Waals surface area contributed by atoms with Gasteiger partial charge in [0.05, 0.1) is 11.7 Å². The molecule has 0 aliphatic rings. The van der Waals surface area contributed by atoms with Crippen LogP contribution in [0.2, 0.25) is 5.02 Å². The number of hydrogen-bond donors (Lipinski definition) is 0. The zero-order valence-corrected chi connectivity index (χ0v) is 11.9. The van der Waals surface area contributed by atoms with Gasteiger partial charge in [-0.1, -0.05) is 23.7 Å². The lowest BCUT2D eigenvalue weighted by Gasteiger charge is -2.11. The summed E-state index contributed by atoms with van der Waals surface area (Å²) in [6.07, 6.45) is 4.26. The molecule has 20 heavy (non-hydrogen) atoms. The summed E-state index contributed by atoms with van der Waals surface area (Å²) in [4.78, 5) is 16.0. The number of hydrogen-bond acceptors (Lipinski definition) is 4. The lowest BCUT2D eigenvalue weighted by atomic mass is 10.1. The van der Waals surface area contributed by atoms with Crippen molar-refractivity contribution in [2.24, 2.45) is 0 Å². The van der Waals surface area contributed by atoms with E-state index in [1.807, 2.05) is 0 Å². The van der Waals surface area contributed by atoms with E-state index in [0.717, 1.165) is 0 Å². The highest BCUT2D eigenvalue weighted by atomic mass is 35.5. The van der Waals surface area contributed by atoms with Gasteiger partial charge >= 0.3 is 5.97 Å². The topological polar surface area (TPSA) is 57.0 Å². The molecule has 0 unspecified atom stereocenters. The lowest BCUT2D eigenvalue weighted by Crippen LogP contribution is -2.13. The minimum atomic E-state index is -0.419. The van der Waals surface area contributed by atoms with Crippen LogP contribution >= 0.6 is 11.6 Å². The minimum absolute atomic E-state index is 0.200. The average Bonchev–Trinajstić information content (AvgIpc) is 2.89. The molecule has 0 radical (unpaired) electrons. The first-order chi connectivity index (χ1) is 9.56. The summed E-state index contributed by atoms with van der Waals surface area (Å²) in [5, 5.41) is 4.56. The first-order valence-corrected chi connectivity index (χ1v) is 6.47. The van der Waals surface area contributed by atoms with Gasteiger partial charge in [0.1, 0.15) is 12.7 Å². The number of carbonyl (C=O) groups excluding carboxylic acids is 1. The Morgan fingerprint density at radius 1 is 1.35 bits per heavy atom. The third-order valence-corrected chi connectivity index (χ3v) is 2.67. The van der Waals surface area contributed by atoms with Crippen molar-refractivity contribution in [3.05, 3.63) is 47.5 Å². The third kappa shape index (κ3) is 3.68. The van der Waals surface area contributed by atoms with E-state index in [4.69, 9.17) is 16.3 Å². The molecule has 6 heteroatoms. The molecule has 1 aromatic carbocycles. The van der Waals surface area contributed by atoms with Crippen molar-refractivity contribution in [3.8, 4) is 0 Å². The summed E-state index contributed by atoms with van der Waals surface area (Å²) in [6, 6.07) is 6.95. The number of esters is 1. The summed E-state index contributed by atoms with van der Waals surface area (Å²) >= 11 is 5.86. The highest BCUT2D eigenvalue weighted by Gasteiger charge is 2.15. The Kier molecular flexibility index (Phi) is 4.53. The maximum Gasteiger partial charge on any atom is 0.340 e. The second-order valence-corrected chi connectivity index (χ2v) is 4.82. The number of carbonyl (C=O) groups is 1. The number of nitrogens with zero attached hydrogens (tertiary/aromatic N) is 3. The Hall–Kier alpha value is -2.14. The fourth-order valence-corrected chi connectivity index (χ4v) is 1.69. The average molecular weight is 292 g/mol. The van der Waals surface area contributed by atoms with Gasteiger partial charge in [-0.25, -0.2) is 14.5 Å². The van der Waals surface area contributed by atoms with E-state index in [0.29, 0.717) is 16.2 Å². The SMILES string of the molecule is CC(C)OC(=O)C(=Cn1cncn1)c1ccc(Cl)cc1. The van der Waals surface area contributed by atoms with Gasteiger partial charge in [-0.15, -0.1) is 0 Å². The lowest BCUT2D eigenvalue weighted by molar-refractivity contribution is -0.140. The highest BCUT2D eigenvalue weighted by molar-refractivity contribution is 6.30. The molecule has 0 spiro atoms. The molecular formula is C14H14ClN3O2. The number of aromatic nitrogens is 3. The molecule has 2 rings (SSSR count). The van der Waals surface area contributed by atoms with E-state index in [1.54, 1.807) is 44.3 Å². The van der Waals surface area contributed by atoms with Crippen LogP contribution in [0, 0.1) is 0 Å². The van der Waals surface area contributed by atoms with Gasteiger partial charge in [-0.2, -0.15) is 5.10 Å². The van der Waals surface area contributed by atoms with Crippen LogP contribution in [-0.4, -0.2) is 26.8 Å². The van der Waals surface area contributed by atoms with Crippen molar-refractivity contribution in [2.75, 3.05) is 0 Å². The number of ether oxygens (including phenoxy) is 1. The number of benzene rings is 1. The Morgan fingerprint density at radius 3 is 2.60 bits per heavy atom. The normalized spacial score (nSPS) is 11.7. The Labute approximate surface area is 121 Å². The predicted molar refractivity (Wildman–Crippen MR) is 76.9 cm³/mol. The van der Waals surface area contributed by atoms with Crippen LogP contribution in [0.25, 0.3) is 11.8 Å². The van der Waals surface area contributed by atoms with Crippen LogP contribution in [-0.2, 0) is 9.53 Å². The maximum atomic E-state index is 12.2. The van der Waals surface area contributed by atoms with Crippen molar-refractivity contribution < 1.29 is 9.53 Å². The summed E-state index contributed by atoms with van der Waals surface area (Å²) in [5.74, 6) is -0.419. The Bertz CT molecular complexity index is 604.